The summed E-state index contributed by atoms with van der Waals surface area (Å²) in [6.45, 7) is 0. The summed E-state index contributed by atoms with van der Waals surface area (Å²) in [7, 11) is 1.12. The van der Waals surface area contributed by atoms with Crippen LogP contribution in [0.15, 0.2) is 40.6 Å². The maximum atomic E-state index is 12.9. The molecule has 1 N–H and O–H groups in total. The summed E-state index contributed by atoms with van der Waals surface area (Å²) in [6.07, 6.45) is -4.55. The molecule has 0 aliphatic carbocycles. The van der Waals surface area contributed by atoms with Gasteiger partial charge in [0.25, 0.3) is 0 Å². The third-order valence-electron chi connectivity index (χ3n) is 2.67. The number of ether oxygens (including phenoxy) is 1. The van der Waals surface area contributed by atoms with E-state index in [1.165, 1.54) is 18.2 Å². The van der Waals surface area contributed by atoms with E-state index in [2.05, 4.69) is 9.73 Å². The SMILES string of the molecule is COC(=O)C1=C(O)CSC1=Nc1ccccc1C(F)(F)F. The van der Waals surface area contributed by atoms with Crippen LogP contribution in [0.5, 0.6) is 0 Å². The number of carbonyl (C=O) groups is 1. The molecule has 0 saturated heterocycles. The predicted octanol–water partition coefficient (Wildman–Crippen LogP) is 3.47. The molecule has 0 unspecified atom stereocenters. The number of alkyl halides is 3. The minimum Gasteiger partial charge on any atom is -0.510 e. The van der Waals surface area contributed by atoms with Gasteiger partial charge in [-0.1, -0.05) is 23.9 Å². The van der Waals surface area contributed by atoms with Gasteiger partial charge in [0.15, 0.2) is 0 Å². The second-order valence-electron chi connectivity index (χ2n) is 4.03. The second kappa shape index (κ2) is 5.80. The number of benzene rings is 1. The molecule has 0 saturated carbocycles. The van der Waals surface area contributed by atoms with E-state index >= 15 is 0 Å². The number of aliphatic hydroxyl groups is 1. The second-order valence-corrected chi connectivity index (χ2v) is 5.00. The monoisotopic (exact) mass is 317 g/mol. The zero-order valence-electron chi connectivity index (χ0n) is 10.8. The molecule has 1 aliphatic rings. The van der Waals surface area contributed by atoms with Gasteiger partial charge in [-0.3, -0.25) is 0 Å². The summed E-state index contributed by atoms with van der Waals surface area (Å²) < 4.78 is 43.2. The summed E-state index contributed by atoms with van der Waals surface area (Å²) in [6, 6.07) is 4.76. The summed E-state index contributed by atoms with van der Waals surface area (Å²) in [5.41, 5.74) is -1.42. The summed E-state index contributed by atoms with van der Waals surface area (Å²) in [5, 5.41) is 9.63. The van der Waals surface area contributed by atoms with Crippen molar-refractivity contribution < 1.29 is 27.8 Å². The number of aliphatic imine (C=N–C) groups is 1. The molecule has 0 radical (unpaired) electrons. The average Bonchev–Trinajstić information content (AvgIpc) is 2.78. The van der Waals surface area contributed by atoms with Crippen LogP contribution in [0.3, 0.4) is 0 Å². The molecular weight excluding hydrogens is 307 g/mol. The van der Waals surface area contributed by atoms with Crippen LogP contribution in [0.1, 0.15) is 5.56 Å². The molecule has 1 heterocycles. The normalized spacial score (nSPS) is 17.4. The lowest BCUT2D eigenvalue weighted by molar-refractivity contribution is -0.137. The maximum Gasteiger partial charge on any atom is 0.418 e. The molecule has 4 nitrogen and oxygen atoms in total. The van der Waals surface area contributed by atoms with E-state index in [-0.39, 0.29) is 27.8 Å². The molecular formula is C13H10F3NO3S. The molecule has 0 atom stereocenters. The van der Waals surface area contributed by atoms with Crippen LogP contribution in [-0.2, 0) is 15.7 Å². The zero-order chi connectivity index (χ0) is 15.6. The number of thioether (sulfide) groups is 1. The van der Waals surface area contributed by atoms with Crippen molar-refractivity contribution in [3.05, 3.63) is 41.2 Å². The van der Waals surface area contributed by atoms with Crippen LogP contribution in [0, 0.1) is 0 Å². The first kappa shape index (κ1) is 15.4. The van der Waals surface area contributed by atoms with Gasteiger partial charge in [0.1, 0.15) is 16.4 Å². The van der Waals surface area contributed by atoms with Gasteiger partial charge >= 0.3 is 12.1 Å². The van der Waals surface area contributed by atoms with Gasteiger partial charge in [-0.15, -0.1) is 0 Å². The van der Waals surface area contributed by atoms with Gasteiger partial charge in [0.2, 0.25) is 0 Å². The Morgan fingerprint density at radius 3 is 2.67 bits per heavy atom. The molecule has 1 aromatic rings. The number of aliphatic hydroxyl groups excluding tert-OH is 1. The van der Waals surface area contributed by atoms with Crippen LogP contribution in [-0.4, -0.2) is 29.0 Å². The lowest BCUT2D eigenvalue weighted by Gasteiger charge is -2.10. The average molecular weight is 317 g/mol. The standard InChI is InChI=1S/C13H10F3NO3S/c1-20-12(19)10-9(18)6-21-11(10)17-8-5-3-2-4-7(8)13(14,15)16/h2-5,18H,6H2,1H3. The highest BCUT2D eigenvalue weighted by Crippen LogP contribution is 2.38. The van der Waals surface area contributed by atoms with Gasteiger partial charge < -0.3 is 9.84 Å². The summed E-state index contributed by atoms with van der Waals surface area (Å²) in [4.78, 5) is 15.4. The lowest BCUT2D eigenvalue weighted by Crippen LogP contribution is -2.11. The van der Waals surface area contributed by atoms with Crippen LogP contribution >= 0.6 is 11.8 Å². The smallest absolute Gasteiger partial charge is 0.418 e. The molecule has 0 fully saturated rings. The fraction of sp³-hybridized carbons (Fsp3) is 0.231. The third kappa shape index (κ3) is 3.21. The first-order valence-electron chi connectivity index (χ1n) is 5.73. The van der Waals surface area contributed by atoms with Crippen molar-refractivity contribution in [3.8, 4) is 0 Å². The number of carbonyl (C=O) groups excluding carboxylic acids is 1. The van der Waals surface area contributed by atoms with Crippen LogP contribution in [0.2, 0.25) is 0 Å². The number of para-hydroxylation sites is 1. The Kier molecular flexibility index (Phi) is 4.26. The minimum atomic E-state index is -4.55. The van der Waals surface area contributed by atoms with E-state index in [1.807, 2.05) is 0 Å². The fourth-order valence-electron chi connectivity index (χ4n) is 1.72. The molecule has 0 aromatic heterocycles. The van der Waals surface area contributed by atoms with Gasteiger partial charge in [-0.25, -0.2) is 9.79 Å². The highest BCUT2D eigenvalue weighted by molar-refractivity contribution is 8.15. The van der Waals surface area contributed by atoms with Crippen molar-refractivity contribution in [2.45, 2.75) is 6.18 Å². The van der Waals surface area contributed by atoms with Crippen molar-refractivity contribution in [2.24, 2.45) is 4.99 Å². The van der Waals surface area contributed by atoms with Crippen molar-refractivity contribution >= 4 is 28.5 Å². The van der Waals surface area contributed by atoms with Gasteiger partial charge in [0.05, 0.1) is 24.1 Å². The zero-order valence-corrected chi connectivity index (χ0v) is 11.6. The van der Waals surface area contributed by atoms with Crippen LogP contribution in [0.25, 0.3) is 0 Å². The van der Waals surface area contributed by atoms with Gasteiger partial charge in [0, 0.05) is 0 Å². The Hall–Kier alpha value is -1.96. The number of halogens is 3. The highest BCUT2D eigenvalue weighted by atomic mass is 32.2. The van der Waals surface area contributed by atoms with Crippen LogP contribution < -0.4 is 0 Å². The third-order valence-corrected chi connectivity index (χ3v) is 3.66. The Balaban J connectivity index is 2.48. The molecule has 2 rings (SSSR count). The van der Waals surface area contributed by atoms with E-state index in [0.29, 0.717) is 0 Å². The van der Waals surface area contributed by atoms with Gasteiger partial charge in [-0.05, 0) is 12.1 Å². The van der Waals surface area contributed by atoms with Crippen molar-refractivity contribution in [2.75, 3.05) is 12.9 Å². The Morgan fingerprint density at radius 1 is 1.38 bits per heavy atom. The van der Waals surface area contributed by atoms with Crippen molar-refractivity contribution in [1.82, 2.24) is 0 Å². The number of methoxy groups -OCH3 is 1. The van der Waals surface area contributed by atoms with E-state index in [4.69, 9.17) is 0 Å². The number of hydrogen-bond donors (Lipinski definition) is 1. The summed E-state index contributed by atoms with van der Waals surface area (Å²) in [5.74, 6) is -1.02. The highest BCUT2D eigenvalue weighted by Gasteiger charge is 2.34. The Labute approximate surface area is 122 Å². The summed E-state index contributed by atoms with van der Waals surface area (Å²) >= 11 is 0.974. The Bertz CT molecular complexity index is 638. The van der Waals surface area contributed by atoms with Gasteiger partial charge in [-0.2, -0.15) is 13.2 Å². The quantitative estimate of drug-likeness (QED) is 0.849. The molecule has 8 heteroatoms. The van der Waals surface area contributed by atoms with E-state index in [1.54, 1.807) is 0 Å². The fourth-order valence-corrected chi connectivity index (χ4v) is 2.65. The molecule has 0 amide bonds. The number of nitrogens with zero attached hydrogens (tertiary/aromatic N) is 1. The molecule has 1 aromatic carbocycles. The number of hydrogen-bond acceptors (Lipinski definition) is 5. The van der Waals surface area contributed by atoms with E-state index in [0.717, 1.165) is 24.9 Å². The first-order chi connectivity index (χ1) is 9.84. The molecule has 0 bridgehead atoms. The van der Waals surface area contributed by atoms with E-state index in [9.17, 15) is 23.1 Å². The first-order valence-corrected chi connectivity index (χ1v) is 6.71. The lowest BCUT2D eigenvalue weighted by atomic mass is 10.1. The van der Waals surface area contributed by atoms with Crippen molar-refractivity contribution in [1.29, 1.82) is 0 Å². The molecule has 1 aliphatic heterocycles. The molecule has 21 heavy (non-hydrogen) atoms. The minimum absolute atomic E-state index is 0.0102. The number of rotatable bonds is 2. The largest absolute Gasteiger partial charge is 0.510 e. The van der Waals surface area contributed by atoms with Crippen molar-refractivity contribution in [3.63, 3.8) is 0 Å². The molecule has 112 valence electrons. The van der Waals surface area contributed by atoms with Crippen LogP contribution in [0.4, 0.5) is 18.9 Å². The topological polar surface area (TPSA) is 58.9 Å². The number of esters is 1. The molecule has 0 spiro atoms. The van der Waals surface area contributed by atoms with E-state index < -0.39 is 17.7 Å². The Morgan fingerprint density at radius 2 is 2.05 bits per heavy atom. The maximum absolute atomic E-state index is 12.9. The predicted molar refractivity (Wildman–Crippen MR) is 72.7 cm³/mol.